The van der Waals surface area contributed by atoms with E-state index in [1.165, 1.54) is 6.42 Å². The molecule has 2 aliphatic heterocycles. The lowest BCUT2D eigenvalue weighted by molar-refractivity contribution is -0.0709. The molecule has 2 fully saturated rings. The molecule has 3 aromatic heterocycles. The van der Waals surface area contributed by atoms with Crippen LogP contribution in [0.1, 0.15) is 36.5 Å². The highest BCUT2D eigenvalue weighted by atomic mass is 16.5. The Labute approximate surface area is 181 Å². The van der Waals surface area contributed by atoms with Crippen molar-refractivity contribution in [3.8, 4) is 11.4 Å². The lowest BCUT2D eigenvalue weighted by Crippen LogP contribution is -2.61. The van der Waals surface area contributed by atoms with Gasteiger partial charge >= 0.3 is 0 Å². The number of nitrogens with one attached hydrogen (secondary N) is 3. The van der Waals surface area contributed by atoms with Crippen LogP contribution in [0, 0.1) is 0 Å². The molecule has 0 aromatic carbocycles. The standard InChI is InChI=1S/C23H28N6O2/c1-2-23(14-31-15-23)28-22(30)16-8-10-29-19(13-25-21(29)11-16)18-6-3-7-20(27-18)26-17-5-4-9-24-12-17/h3,6-8,10-11,13,17,24H,2,4-5,9,12,14-15H2,1H3,(H,26,27)(H,28,30). The molecule has 1 unspecified atom stereocenters. The van der Waals surface area contributed by atoms with Gasteiger partial charge in [0.25, 0.3) is 5.91 Å². The zero-order valence-corrected chi connectivity index (χ0v) is 17.7. The van der Waals surface area contributed by atoms with E-state index in [0.29, 0.717) is 24.8 Å². The van der Waals surface area contributed by atoms with Crippen LogP contribution in [0.15, 0.2) is 42.7 Å². The third kappa shape index (κ3) is 4.00. The van der Waals surface area contributed by atoms with Crippen molar-refractivity contribution in [3.05, 3.63) is 48.3 Å². The molecule has 3 N–H and O–H groups in total. The normalized spacial score (nSPS) is 20.2. The predicted octanol–water partition coefficient (Wildman–Crippen LogP) is 2.47. The zero-order valence-electron chi connectivity index (χ0n) is 17.7. The lowest BCUT2D eigenvalue weighted by Gasteiger charge is -2.41. The molecule has 3 aromatic rings. The van der Waals surface area contributed by atoms with Crippen LogP contribution < -0.4 is 16.0 Å². The van der Waals surface area contributed by atoms with Crippen molar-refractivity contribution in [1.82, 2.24) is 25.0 Å². The van der Waals surface area contributed by atoms with E-state index in [1.807, 2.05) is 40.9 Å². The monoisotopic (exact) mass is 420 g/mol. The third-order valence-electron chi connectivity index (χ3n) is 6.25. The van der Waals surface area contributed by atoms with Crippen LogP contribution in [0.4, 0.5) is 5.82 Å². The second kappa shape index (κ2) is 8.28. The fourth-order valence-electron chi connectivity index (χ4n) is 4.18. The minimum Gasteiger partial charge on any atom is -0.376 e. The molecule has 1 atom stereocenters. The van der Waals surface area contributed by atoms with Crippen molar-refractivity contribution < 1.29 is 9.53 Å². The average Bonchev–Trinajstić information content (AvgIpc) is 3.20. The third-order valence-corrected chi connectivity index (χ3v) is 6.25. The summed E-state index contributed by atoms with van der Waals surface area (Å²) in [4.78, 5) is 22.1. The highest BCUT2D eigenvalue weighted by molar-refractivity contribution is 5.95. The minimum absolute atomic E-state index is 0.0948. The molecule has 0 aliphatic carbocycles. The highest BCUT2D eigenvalue weighted by Gasteiger charge is 2.38. The fraction of sp³-hybridized carbons (Fsp3) is 0.435. The van der Waals surface area contributed by atoms with Gasteiger partial charge in [0, 0.05) is 24.3 Å². The maximum Gasteiger partial charge on any atom is 0.252 e. The first kappa shape index (κ1) is 20.0. The number of piperidine rings is 1. The lowest BCUT2D eigenvalue weighted by atomic mass is 9.93. The first-order valence-electron chi connectivity index (χ1n) is 11.0. The summed E-state index contributed by atoms with van der Waals surface area (Å²) in [6.07, 6.45) is 6.85. The van der Waals surface area contributed by atoms with Crippen molar-refractivity contribution in [2.75, 3.05) is 31.6 Å². The molecule has 8 nitrogen and oxygen atoms in total. The molecular weight excluding hydrogens is 392 g/mol. The number of hydrogen-bond acceptors (Lipinski definition) is 6. The maximum absolute atomic E-state index is 12.7. The summed E-state index contributed by atoms with van der Waals surface area (Å²) < 4.78 is 7.26. The van der Waals surface area contributed by atoms with Gasteiger partial charge in [0.1, 0.15) is 11.5 Å². The number of carbonyl (C=O) groups excluding carboxylic acids is 1. The number of carbonyl (C=O) groups is 1. The van der Waals surface area contributed by atoms with Gasteiger partial charge in [-0.1, -0.05) is 13.0 Å². The topological polar surface area (TPSA) is 92.6 Å². The number of pyridine rings is 2. The van der Waals surface area contributed by atoms with Crippen LogP contribution in [-0.4, -0.2) is 58.2 Å². The summed E-state index contributed by atoms with van der Waals surface area (Å²) in [7, 11) is 0. The van der Waals surface area contributed by atoms with E-state index in [0.717, 1.165) is 48.8 Å². The average molecular weight is 421 g/mol. The van der Waals surface area contributed by atoms with Crippen LogP contribution in [0.5, 0.6) is 0 Å². The molecule has 8 heteroatoms. The molecule has 5 heterocycles. The molecule has 0 bridgehead atoms. The first-order chi connectivity index (χ1) is 15.2. The predicted molar refractivity (Wildman–Crippen MR) is 119 cm³/mol. The number of nitrogens with zero attached hydrogens (tertiary/aromatic N) is 3. The fourth-order valence-corrected chi connectivity index (χ4v) is 4.18. The van der Waals surface area contributed by atoms with Gasteiger partial charge in [-0.15, -0.1) is 0 Å². The number of amides is 1. The Kier molecular flexibility index (Phi) is 5.33. The van der Waals surface area contributed by atoms with Crippen LogP contribution in [0.3, 0.4) is 0 Å². The van der Waals surface area contributed by atoms with Crippen LogP contribution in [0.2, 0.25) is 0 Å². The summed E-state index contributed by atoms with van der Waals surface area (Å²) in [6, 6.07) is 10.0. The summed E-state index contributed by atoms with van der Waals surface area (Å²) >= 11 is 0. The Bertz CT molecular complexity index is 1080. The van der Waals surface area contributed by atoms with E-state index < -0.39 is 0 Å². The molecule has 0 radical (unpaired) electrons. The smallest absolute Gasteiger partial charge is 0.252 e. The Morgan fingerprint density at radius 1 is 1.35 bits per heavy atom. The quantitative estimate of drug-likeness (QED) is 0.567. The van der Waals surface area contributed by atoms with Crippen LogP contribution >= 0.6 is 0 Å². The van der Waals surface area contributed by atoms with Crippen molar-refractivity contribution in [2.45, 2.75) is 37.8 Å². The molecule has 31 heavy (non-hydrogen) atoms. The van der Waals surface area contributed by atoms with Gasteiger partial charge in [0.2, 0.25) is 0 Å². The SMILES string of the molecule is CCC1(NC(=O)c2ccn3c(-c4cccc(NC5CCCNC5)n4)cnc3c2)COC1. The first-order valence-corrected chi connectivity index (χ1v) is 11.0. The highest BCUT2D eigenvalue weighted by Crippen LogP contribution is 2.24. The van der Waals surface area contributed by atoms with Gasteiger partial charge in [-0.25, -0.2) is 9.97 Å². The maximum atomic E-state index is 12.7. The number of rotatable bonds is 6. The van der Waals surface area contributed by atoms with Gasteiger partial charge < -0.3 is 20.7 Å². The van der Waals surface area contributed by atoms with Crippen LogP contribution in [-0.2, 0) is 4.74 Å². The van der Waals surface area contributed by atoms with Crippen molar-refractivity contribution in [1.29, 1.82) is 0 Å². The van der Waals surface area contributed by atoms with Crippen LogP contribution in [0.25, 0.3) is 17.0 Å². The molecule has 5 rings (SSSR count). The largest absolute Gasteiger partial charge is 0.376 e. The molecule has 0 saturated carbocycles. The summed E-state index contributed by atoms with van der Waals surface area (Å²) in [6.45, 7) is 5.24. The molecular formula is C23H28N6O2. The zero-order chi connectivity index (χ0) is 21.3. The van der Waals surface area contributed by atoms with E-state index in [-0.39, 0.29) is 11.4 Å². The Morgan fingerprint density at radius 2 is 2.26 bits per heavy atom. The van der Waals surface area contributed by atoms with Gasteiger partial charge in [-0.3, -0.25) is 9.20 Å². The van der Waals surface area contributed by atoms with Gasteiger partial charge in [-0.05, 0) is 50.1 Å². The second-order valence-electron chi connectivity index (χ2n) is 8.46. The van der Waals surface area contributed by atoms with E-state index in [2.05, 4.69) is 27.9 Å². The van der Waals surface area contributed by atoms with E-state index in [4.69, 9.17) is 9.72 Å². The summed E-state index contributed by atoms with van der Waals surface area (Å²) in [5.74, 6) is 0.771. The Balaban J connectivity index is 1.36. The van der Waals surface area contributed by atoms with Gasteiger partial charge in [-0.2, -0.15) is 0 Å². The number of fused-ring (bicyclic) bond motifs is 1. The van der Waals surface area contributed by atoms with E-state index in [1.54, 1.807) is 6.20 Å². The van der Waals surface area contributed by atoms with Gasteiger partial charge in [0.05, 0.1) is 36.3 Å². The number of hydrogen-bond donors (Lipinski definition) is 3. The molecule has 1 amide bonds. The van der Waals surface area contributed by atoms with Crippen molar-refractivity contribution >= 4 is 17.4 Å². The minimum atomic E-state index is -0.241. The summed E-state index contributed by atoms with van der Waals surface area (Å²) in [5, 5.41) is 10.1. The number of imidazole rings is 1. The number of ether oxygens (including phenoxy) is 1. The Hall–Kier alpha value is -2.97. The number of aromatic nitrogens is 3. The molecule has 0 spiro atoms. The van der Waals surface area contributed by atoms with Crippen molar-refractivity contribution in [3.63, 3.8) is 0 Å². The van der Waals surface area contributed by atoms with Gasteiger partial charge in [0.15, 0.2) is 0 Å². The van der Waals surface area contributed by atoms with E-state index in [9.17, 15) is 4.79 Å². The Morgan fingerprint density at radius 3 is 3.00 bits per heavy atom. The van der Waals surface area contributed by atoms with E-state index >= 15 is 0 Å². The second-order valence-corrected chi connectivity index (χ2v) is 8.46. The molecule has 2 saturated heterocycles. The number of anilines is 1. The molecule has 162 valence electrons. The summed E-state index contributed by atoms with van der Waals surface area (Å²) in [5.41, 5.74) is 2.81. The molecule has 2 aliphatic rings. The van der Waals surface area contributed by atoms with Crippen molar-refractivity contribution in [2.24, 2.45) is 0 Å².